The average molecular weight is 193 g/mol. The van der Waals surface area contributed by atoms with Crippen molar-refractivity contribution in [2.24, 2.45) is 5.73 Å². The maximum absolute atomic E-state index is 11.5. The van der Waals surface area contributed by atoms with Crippen LogP contribution in [0.1, 0.15) is 28.8 Å². The summed E-state index contributed by atoms with van der Waals surface area (Å²) in [6.45, 7) is 0.553. The molecule has 0 spiro atoms. The van der Waals surface area contributed by atoms with Crippen molar-refractivity contribution >= 4 is 5.78 Å². The molecule has 0 aromatic heterocycles. The number of nitrogens with two attached hydrogens (primary N) is 1. The van der Waals surface area contributed by atoms with E-state index < -0.39 is 0 Å². The molecule has 0 saturated carbocycles. The van der Waals surface area contributed by atoms with Crippen molar-refractivity contribution in [3.63, 3.8) is 0 Å². The summed E-state index contributed by atoms with van der Waals surface area (Å²) in [5, 5.41) is 8.81. The lowest BCUT2D eigenvalue weighted by atomic mass is 10.1. The zero-order chi connectivity index (χ0) is 10.4. The molecular weight excluding hydrogens is 178 g/mol. The number of hydrogen-bond donors (Lipinski definition) is 2. The molecule has 76 valence electrons. The van der Waals surface area contributed by atoms with E-state index in [4.69, 9.17) is 10.8 Å². The third-order valence-corrected chi connectivity index (χ3v) is 2.07. The molecule has 14 heavy (non-hydrogen) atoms. The first-order valence-corrected chi connectivity index (χ1v) is 4.71. The molecule has 0 fully saturated rings. The second-order valence-corrected chi connectivity index (χ2v) is 3.17. The Morgan fingerprint density at radius 3 is 2.43 bits per heavy atom. The maximum atomic E-state index is 11.5. The zero-order valence-electron chi connectivity index (χ0n) is 8.07. The maximum Gasteiger partial charge on any atom is 0.162 e. The van der Waals surface area contributed by atoms with Gasteiger partial charge in [-0.3, -0.25) is 4.79 Å². The molecule has 3 N–H and O–H groups in total. The van der Waals surface area contributed by atoms with Gasteiger partial charge in [0.2, 0.25) is 0 Å². The summed E-state index contributed by atoms with van der Waals surface area (Å²) in [4.78, 5) is 11.5. The normalized spacial score (nSPS) is 10.1. The van der Waals surface area contributed by atoms with Crippen molar-refractivity contribution in [1.82, 2.24) is 0 Å². The van der Waals surface area contributed by atoms with Gasteiger partial charge >= 0.3 is 0 Å². The first-order chi connectivity index (χ1) is 6.77. The molecule has 1 rings (SSSR count). The molecule has 0 heterocycles. The van der Waals surface area contributed by atoms with Crippen LogP contribution in [0, 0.1) is 0 Å². The number of carbonyl (C=O) groups is 1. The fourth-order valence-corrected chi connectivity index (χ4v) is 1.20. The van der Waals surface area contributed by atoms with Gasteiger partial charge in [-0.15, -0.1) is 0 Å². The molecule has 3 nitrogen and oxygen atoms in total. The Kier molecular flexibility index (Phi) is 4.29. The van der Waals surface area contributed by atoms with Gasteiger partial charge in [-0.05, 0) is 18.5 Å². The monoisotopic (exact) mass is 193 g/mol. The predicted octanol–water partition coefficient (Wildman–Crippen LogP) is 1.10. The summed E-state index contributed by atoms with van der Waals surface area (Å²) in [5.74, 6) is 0.111. The van der Waals surface area contributed by atoms with Crippen molar-refractivity contribution in [3.05, 3.63) is 35.4 Å². The molecule has 0 saturated heterocycles. The predicted molar refractivity (Wildman–Crippen MR) is 55.0 cm³/mol. The minimum absolute atomic E-state index is 0.0112. The highest BCUT2D eigenvalue weighted by Gasteiger charge is 2.04. The molecule has 0 aliphatic carbocycles. The van der Waals surface area contributed by atoms with Crippen LogP contribution in [0.2, 0.25) is 0 Å². The first-order valence-electron chi connectivity index (χ1n) is 4.71. The van der Waals surface area contributed by atoms with E-state index >= 15 is 0 Å². The van der Waals surface area contributed by atoms with Crippen LogP contribution >= 0.6 is 0 Å². The van der Waals surface area contributed by atoms with E-state index in [9.17, 15) is 4.79 Å². The molecule has 3 heteroatoms. The first kappa shape index (κ1) is 10.9. The summed E-state index contributed by atoms with van der Waals surface area (Å²) in [6, 6.07) is 7.00. The Labute approximate surface area is 83.6 Å². The minimum Gasteiger partial charge on any atom is -0.392 e. The van der Waals surface area contributed by atoms with Crippen molar-refractivity contribution in [1.29, 1.82) is 0 Å². The SMILES string of the molecule is NCCCC(=O)c1ccc(CO)cc1. The molecule has 1 aromatic carbocycles. The van der Waals surface area contributed by atoms with Gasteiger partial charge in [0, 0.05) is 12.0 Å². The fourth-order valence-electron chi connectivity index (χ4n) is 1.20. The lowest BCUT2D eigenvalue weighted by Crippen LogP contribution is -2.04. The van der Waals surface area contributed by atoms with E-state index in [-0.39, 0.29) is 12.4 Å². The topological polar surface area (TPSA) is 63.3 Å². The standard InChI is InChI=1S/C11H15NO2/c12-7-1-2-11(14)10-5-3-9(8-13)4-6-10/h3-6,13H,1-2,7-8,12H2. The minimum atomic E-state index is 0.0112. The zero-order valence-corrected chi connectivity index (χ0v) is 8.07. The molecule has 0 aliphatic rings. The number of ketones is 1. The summed E-state index contributed by atoms with van der Waals surface area (Å²) < 4.78 is 0. The van der Waals surface area contributed by atoms with Gasteiger partial charge in [0.25, 0.3) is 0 Å². The van der Waals surface area contributed by atoms with Crippen LogP contribution in [-0.4, -0.2) is 17.4 Å². The number of rotatable bonds is 5. The van der Waals surface area contributed by atoms with Gasteiger partial charge in [0.15, 0.2) is 5.78 Å². The van der Waals surface area contributed by atoms with E-state index in [1.54, 1.807) is 24.3 Å². The van der Waals surface area contributed by atoms with Gasteiger partial charge in [-0.2, -0.15) is 0 Å². The lowest BCUT2D eigenvalue weighted by molar-refractivity contribution is 0.0980. The van der Waals surface area contributed by atoms with Crippen LogP contribution in [0.4, 0.5) is 0 Å². The van der Waals surface area contributed by atoms with E-state index in [0.29, 0.717) is 18.5 Å². The second-order valence-electron chi connectivity index (χ2n) is 3.17. The highest BCUT2D eigenvalue weighted by atomic mass is 16.3. The van der Waals surface area contributed by atoms with Gasteiger partial charge in [0.05, 0.1) is 6.61 Å². The Morgan fingerprint density at radius 1 is 1.29 bits per heavy atom. The molecule has 0 amide bonds. The van der Waals surface area contributed by atoms with E-state index in [1.165, 1.54) is 0 Å². The van der Waals surface area contributed by atoms with E-state index in [2.05, 4.69) is 0 Å². The number of Topliss-reactive ketones (excluding diaryl/α,β-unsaturated/α-hetero) is 1. The van der Waals surface area contributed by atoms with E-state index in [1.807, 2.05) is 0 Å². The summed E-state index contributed by atoms with van der Waals surface area (Å²) in [6.07, 6.45) is 1.22. The third-order valence-electron chi connectivity index (χ3n) is 2.07. The van der Waals surface area contributed by atoms with Crippen LogP contribution < -0.4 is 5.73 Å². The summed E-state index contributed by atoms with van der Waals surface area (Å²) in [7, 11) is 0. The quantitative estimate of drug-likeness (QED) is 0.688. The Morgan fingerprint density at radius 2 is 1.93 bits per heavy atom. The van der Waals surface area contributed by atoms with Crippen LogP contribution in [-0.2, 0) is 6.61 Å². The van der Waals surface area contributed by atoms with Gasteiger partial charge in [-0.25, -0.2) is 0 Å². The molecule has 0 aliphatic heterocycles. The van der Waals surface area contributed by atoms with Gasteiger partial charge in [0.1, 0.15) is 0 Å². The Hall–Kier alpha value is -1.19. The number of benzene rings is 1. The van der Waals surface area contributed by atoms with Gasteiger partial charge in [-0.1, -0.05) is 24.3 Å². The fraction of sp³-hybridized carbons (Fsp3) is 0.364. The summed E-state index contributed by atoms with van der Waals surface area (Å²) >= 11 is 0. The van der Waals surface area contributed by atoms with Crippen molar-refractivity contribution < 1.29 is 9.90 Å². The van der Waals surface area contributed by atoms with E-state index in [0.717, 1.165) is 12.0 Å². The highest BCUT2D eigenvalue weighted by Crippen LogP contribution is 2.07. The van der Waals surface area contributed by atoms with Crippen LogP contribution in [0.3, 0.4) is 0 Å². The summed E-state index contributed by atoms with van der Waals surface area (Å²) in [5.41, 5.74) is 6.83. The lowest BCUT2D eigenvalue weighted by Gasteiger charge is -2.01. The van der Waals surface area contributed by atoms with Crippen molar-refractivity contribution in [3.8, 4) is 0 Å². The molecule has 0 atom stereocenters. The molecule has 0 radical (unpaired) electrons. The van der Waals surface area contributed by atoms with Crippen LogP contribution in [0.25, 0.3) is 0 Å². The van der Waals surface area contributed by atoms with Gasteiger partial charge < -0.3 is 10.8 Å². The number of aliphatic hydroxyl groups excluding tert-OH is 1. The smallest absolute Gasteiger partial charge is 0.162 e. The van der Waals surface area contributed by atoms with Crippen LogP contribution in [0.5, 0.6) is 0 Å². The Bertz CT molecular complexity index is 293. The molecule has 0 unspecified atom stereocenters. The molecular formula is C11H15NO2. The molecule has 1 aromatic rings. The Balaban J connectivity index is 2.62. The average Bonchev–Trinajstić information content (AvgIpc) is 2.26. The largest absolute Gasteiger partial charge is 0.392 e. The number of aliphatic hydroxyl groups is 1. The van der Waals surface area contributed by atoms with Crippen LogP contribution in [0.15, 0.2) is 24.3 Å². The number of hydrogen-bond acceptors (Lipinski definition) is 3. The highest BCUT2D eigenvalue weighted by molar-refractivity contribution is 5.96. The third kappa shape index (κ3) is 2.94. The van der Waals surface area contributed by atoms with Crippen molar-refractivity contribution in [2.45, 2.75) is 19.4 Å². The second kappa shape index (κ2) is 5.52. The number of carbonyl (C=O) groups excluding carboxylic acids is 1. The van der Waals surface area contributed by atoms with Crippen molar-refractivity contribution in [2.75, 3.05) is 6.54 Å². The molecule has 0 bridgehead atoms.